The van der Waals surface area contributed by atoms with Gasteiger partial charge < -0.3 is 15.0 Å². The van der Waals surface area contributed by atoms with Crippen LogP contribution in [0, 0.1) is 0 Å². The Morgan fingerprint density at radius 1 is 1.13 bits per heavy atom. The van der Waals surface area contributed by atoms with E-state index in [2.05, 4.69) is 37.1 Å². The summed E-state index contributed by atoms with van der Waals surface area (Å²) >= 11 is 0. The number of benzene rings is 1. The first kappa shape index (κ1) is 24.2. The van der Waals surface area contributed by atoms with Crippen LogP contribution in [-0.4, -0.2) is 41.5 Å². The second kappa shape index (κ2) is 11.3. The molecule has 0 saturated carbocycles. The predicted molar refractivity (Wildman–Crippen MR) is 123 cm³/mol. The van der Waals surface area contributed by atoms with Crippen LogP contribution < -0.4 is 10.1 Å². The van der Waals surface area contributed by atoms with E-state index < -0.39 is 0 Å². The molecule has 164 valence electrons. The van der Waals surface area contributed by atoms with Crippen LogP contribution in [0.5, 0.6) is 5.75 Å². The second-order valence-electron chi connectivity index (χ2n) is 8.71. The first-order chi connectivity index (χ1) is 13.9. The van der Waals surface area contributed by atoms with Gasteiger partial charge in [0.2, 0.25) is 0 Å². The van der Waals surface area contributed by atoms with Gasteiger partial charge in [0.25, 0.3) is 5.91 Å². The monoisotopic (exact) mass is 431 g/mol. The number of nitrogens with one attached hydrogen (secondary N) is 1. The van der Waals surface area contributed by atoms with Gasteiger partial charge in [-0.05, 0) is 61.5 Å². The molecule has 1 atom stereocenters. The second-order valence-corrected chi connectivity index (χ2v) is 8.71. The van der Waals surface area contributed by atoms with Gasteiger partial charge >= 0.3 is 0 Å². The van der Waals surface area contributed by atoms with Gasteiger partial charge in [0.15, 0.2) is 6.61 Å². The Kier molecular flexibility index (Phi) is 9.12. The molecule has 0 radical (unpaired) electrons. The van der Waals surface area contributed by atoms with Crippen LogP contribution in [-0.2, 0) is 16.8 Å². The van der Waals surface area contributed by atoms with Crippen LogP contribution in [0.3, 0.4) is 0 Å². The number of nitrogens with zero attached hydrogens (tertiary/aromatic N) is 2. The van der Waals surface area contributed by atoms with E-state index in [1.165, 1.54) is 0 Å². The van der Waals surface area contributed by atoms with Crippen molar-refractivity contribution < 1.29 is 9.53 Å². The highest BCUT2D eigenvalue weighted by Gasteiger charge is 2.26. The molecule has 5 nitrogen and oxygen atoms in total. The van der Waals surface area contributed by atoms with Crippen molar-refractivity contribution in [3.63, 3.8) is 0 Å². The van der Waals surface area contributed by atoms with Gasteiger partial charge in [0.05, 0.1) is 12.2 Å². The van der Waals surface area contributed by atoms with E-state index in [0.717, 1.165) is 49.4 Å². The molecule has 1 N–H and O–H groups in total. The molecule has 0 bridgehead atoms. The van der Waals surface area contributed by atoms with Crippen molar-refractivity contribution in [3.8, 4) is 5.75 Å². The van der Waals surface area contributed by atoms with Gasteiger partial charge in [-0.3, -0.25) is 9.78 Å². The molecular weight excluding hydrogens is 398 g/mol. The zero-order valence-corrected chi connectivity index (χ0v) is 19.1. The van der Waals surface area contributed by atoms with Crippen LogP contribution in [0.15, 0.2) is 48.7 Å². The smallest absolute Gasteiger partial charge is 0.261 e. The molecule has 2 aromatic rings. The number of rotatable bonds is 6. The SMILES string of the molecule is CC(C)(C)c1ccccc1OCC(=O)N(Cc1ccccn1)C1CCCNCC1.Cl. The third kappa shape index (κ3) is 6.71. The zero-order valence-electron chi connectivity index (χ0n) is 18.3. The van der Waals surface area contributed by atoms with Crippen molar-refractivity contribution in [1.82, 2.24) is 15.2 Å². The highest BCUT2D eigenvalue weighted by atomic mass is 35.5. The fraction of sp³-hybridized carbons (Fsp3) is 0.500. The van der Waals surface area contributed by atoms with Crippen molar-refractivity contribution in [2.45, 2.75) is 58.0 Å². The van der Waals surface area contributed by atoms with Gasteiger partial charge in [-0.25, -0.2) is 0 Å². The lowest BCUT2D eigenvalue weighted by Crippen LogP contribution is -2.43. The Morgan fingerprint density at radius 2 is 1.90 bits per heavy atom. The molecule has 1 aromatic heterocycles. The summed E-state index contributed by atoms with van der Waals surface area (Å²) in [6.45, 7) is 8.98. The van der Waals surface area contributed by atoms with Crippen LogP contribution >= 0.6 is 12.4 Å². The summed E-state index contributed by atoms with van der Waals surface area (Å²) in [5.41, 5.74) is 1.98. The first-order valence-electron chi connectivity index (χ1n) is 10.6. The number of amides is 1. The maximum Gasteiger partial charge on any atom is 0.261 e. The number of carbonyl (C=O) groups is 1. The summed E-state index contributed by atoms with van der Waals surface area (Å²) in [5, 5.41) is 3.43. The number of hydrogen-bond donors (Lipinski definition) is 1. The molecule has 2 heterocycles. The lowest BCUT2D eigenvalue weighted by atomic mass is 9.86. The number of hydrogen-bond acceptors (Lipinski definition) is 4. The summed E-state index contributed by atoms with van der Waals surface area (Å²) < 4.78 is 6.04. The van der Waals surface area contributed by atoms with E-state index in [-0.39, 0.29) is 36.4 Å². The number of carbonyl (C=O) groups excluding carboxylic acids is 1. The lowest BCUT2D eigenvalue weighted by Gasteiger charge is -2.31. The highest BCUT2D eigenvalue weighted by molar-refractivity contribution is 5.85. The Morgan fingerprint density at radius 3 is 2.63 bits per heavy atom. The van der Waals surface area contributed by atoms with E-state index in [1.807, 2.05) is 41.3 Å². The Hall–Kier alpha value is -2.11. The van der Waals surface area contributed by atoms with E-state index in [9.17, 15) is 4.79 Å². The normalized spacial score (nSPS) is 16.8. The summed E-state index contributed by atoms with van der Waals surface area (Å²) in [7, 11) is 0. The molecule has 0 spiro atoms. The lowest BCUT2D eigenvalue weighted by molar-refractivity contribution is -0.136. The van der Waals surface area contributed by atoms with Crippen molar-refractivity contribution in [2.24, 2.45) is 0 Å². The number of halogens is 1. The fourth-order valence-electron chi connectivity index (χ4n) is 3.83. The third-order valence-electron chi connectivity index (χ3n) is 5.41. The van der Waals surface area contributed by atoms with Gasteiger partial charge in [-0.15, -0.1) is 12.4 Å². The molecule has 1 aliphatic rings. The van der Waals surface area contributed by atoms with Crippen LogP contribution in [0.4, 0.5) is 0 Å². The van der Waals surface area contributed by atoms with Gasteiger partial charge in [-0.2, -0.15) is 0 Å². The summed E-state index contributed by atoms with van der Waals surface area (Å²) in [5.74, 6) is 0.805. The number of para-hydroxylation sites is 1. The maximum atomic E-state index is 13.2. The first-order valence-corrected chi connectivity index (χ1v) is 10.6. The number of aromatic nitrogens is 1. The quantitative estimate of drug-likeness (QED) is 0.738. The molecule has 1 fully saturated rings. The van der Waals surface area contributed by atoms with E-state index in [4.69, 9.17) is 4.74 Å². The van der Waals surface area contributed by atoms with Gasteiger partial charge in [-0.1, -0.05) is 45.0 Å². The summed E-state index contributed by atoms with van der Waals surface area (Å²) in [6.07, 6.45) is 4.81. The maximum absolute atomic E-state index is 13.2. The van der Waals surface area contributed by atoms with Gasteiger partial charge in [0.1, 0.15) is 5.75 Å². The van der Waals surface area contributed by atoms with Crippen LogP contribution in [0.1, 0.15) is 51.3 Å². The highest BCUT2D eigenvalue weighted by Crippen LogP contribution is 2.31. The molecule has 1 unspecified atom stereocenters. The average molecular weight is 432 g/mol. The van der Waals surface area contributed by atoms with Crippen molar-refractivity contribution in [1.29, 1.82) is 0 Å². The van der Waals surface area contributed by atoms with E-state index in [1.54, 1.807) is 6.20 Å². The minimum atomic E-state index is -0.0414. The summed E-state index contributed by atoms with van der Waals surface area (Å²) in [4.78, 5) is 19.6. The van der Waals surface area contributed by atoms with Crippen LogP contribution in [0.2, 0.25) is 0 Å². The minimum Gasteiger partial charge on any atom is -0.483 e. The molecule has 0 aliphatic carbocycles. The van der Waals surface area contributed by atoms with E-state index >= 15 is 0 Å². The number of pyridine rings is 1. The molecule has 30 heavy (non-hydrogen) atoms. The van der Waals surface area contributed by atoms with Crippen LogP contribution in [0.25, 0.3) is 0 Å². The fourth-order valence-corrected chi connectivity index (χ4v) is 3.83. The molecule has 1 aromatic carbocycles. The minimum absolute atomic E-state index is 0. The average Bonchev–Trinajstić information content (AvgIpc) is 3.00. The standard InChI is InChI=1S/C24H33N3O2.ClH/c1-24(2,3)21-11-4-5-12-22(21)29-18-23(28)27(17-19-9-6-7-15-26-19)20-10-8-14-25-16-13-20;/h4-7,9,11-12,15,20,25H,8,10,13-14,16-18H2,1-3H3;1H. The predicted octanol–water partition coefficient (Wildman–Crippen LogP) is 4.35. The van der Waals surface area contributed by atoms with Crippen molar-refractivity contribution >= 4 is 18.3 Å². The summed E-state index contributed by atoms with van der Waals surface area (Å²) in [6, 6.07) is 14.0. The Labute approximate surface area is 186 Å². The Bertz CT molecular complexity index is 785. The molecule has 1 amide bonds. The number of ether oxygens (including phenoxy) is 1. The largest absolute Gasteiger partial charge is 0.483 e. The molecule has 3 rings (SSSR count). The van der Waals surface area contributed by atoms with E-state index in [0.29, 0.717) is 6.54 Å². The molecule has 1 aliphatic heterocycles. The van der Waals surface area contributed by atoms with Crippen molar-refractivity contribution in [2.75, 3.05) is 19.7 Å². The molecule has 1 saturated heterocycles. The Balaban J connectivity index is 0.00000320. The zero-order chi connectivity index (χ0) is 20.7. The van der Waals surface area contributed by atoms with Crippen molar-refractivity contribution in [3.05, 3.63) is 59.9 Å². The topological polar surface area (TPSA) is 54.5 Å². The van der Waals surface area contributed by atoms with Gasteiger partial charge in [0, 0.05) is 12.2 Å². The third-order valence-corrected chi connectivity index (χ3v) is 5.41. The molecular formula is C24H34ClN3O2. The molecule has 6 heteroatoms.